The van der Waals surface area contributed by atoms with Gasteiger partial charge in [-0.05, 0) is 18.2 Å². The Morgan fingerprint density at radius 1 is 1.28 bits per heavy atom. The van der Waals surface area contributed by atoms with Gasteiger partial charge < -0.3 is 13.6 Å². The fourth-order valence-corrected chi connectivity index (χ4v) is 2.74. The maximum Gasteiger partial charge on any atom is 0.380 e. The van der Waals surface area contributed by atoms with E-state index in [9.17, 15) is 0 Å². The van der Waals surface area contributed by atoms with E-state index in [-0.39, 0.29) is 5.76 Å². The van der Waals surface area contributed by atoms with Gasteiger partial charge in [-0.3, -0.25) is 0 Å². The molecule has 1 aromatic rings. The van der Waals surface area contributed by atoms with Crippen LogP contribution in [-0.2, 0) is 25.4 Å². The second-order valence-corrected chi connectivity index (χ2v) is 7.21. The monoisotopic (exact) mass is 346 g/mol. The average molecular weight is 348 g/mol. The fraction of sp³-hybridized carbons (Fsp3) is 0.200. The van der Waals surface area contributed by atoms with Crippen LogP contribution in [-0.4, -0.2) is 14.2 Å². The maximum absolute atomic E-state index is 6.05. The first-order valence-corrected chi connectivity index (χ1v) is 8.37. The van der Waals surface area contributed by atoms with Crippen molar-refractivity contribution in [2.24, 2.45) is 0 Å². The van der Waals surface area contributed by atoms with Gasteiger partial charge in [0.1, 0.15) is 5.76 Å². The van der Waals surface area contributed by atoms with E-state index in [2.05, 4.69) is 0 Å². The lowest BCUT2D eigenvalue weighted by molar-refractivity contribution is 0.262. The topological polar surface area (TPSA) is 27.7 Å². The van der Waals surface area contributed by atoms with E-state index >= 15 is 0 Å². The highest BCUT2D eigenvalue weighted by molar-refractivity contribution is 8.07. The largest absolute Gasteiger partial charge is 0.422 e. The molecule has 0 fully saturated rings. The van der Waals surface area contributed by atoms with Crippen LogP contribution in [0.2, 0.25) is 10.0 Å². The van der Waals surface area contributed by atoms with Gasteiger partial charge in [0.05, 0.1) is 5.02 Å². The number of benzene rings is 1. The van der Waals surface area contributed by atoms with Gasteiger partial charge in [-0.15, -0.1) is 0 Å². The van der Waals surface area contributed by atoms with E-state index in [1.54, 1.807) is 18.2 Å². The second kappa shape index (κ2) is 7.11. The molecule has 1 aromatic carbocycles. The van der Waals surface area contributed by atoms with Gasteiger partial charge in [0.25, 0.3) is 0 Å². The molecule has 0 radical (unpaired) electrons. The summed E-state index contributed by atoms with van der Waals surface area (Å²) < 4.78 is 15.5. The van der Waals surface area contributed by atoms with Crippen LogP contribution in [0, 0.1) is 0 Å². The summed E-state index contributed by atoms with van der Waals surface area (Å²) in [5.74, 6) is 0.269. The first kappa shape index (κ1) is 16.3. The number of halogens is 3. The lowest BCUT2D eigenvalue weighted by Gasteiger charge is -2.20. The van der Waals surface area contributed by atoms with Gasteiger partial charge in [0.2, 0.25) is 0 Å². The molecule has 0 aliphatic heterocycles. The zero-order valence-corrected chi connectivity index (χ0v) is 13.5. The molecule has 0 atom stereocenters. The molecule has 0 saturated carbocycles. The molecule has 8 heteroatoms. The van der Waals surface area contributed by atoms with Gasteiger partial charge in [-0.25, -0.2) is 0 Å². The summed E-state index contributed by atoms with van der Waals surface area (Å²) in [6.45, 7) is -2.86. The Balaban J connectivity index is 3.09. The van der Waals surface area contributed by atoms with Gasteiger partial charge in [-0.2, -0.15) is 0 Å². The van der Waals surface area contributed by atoms with Crippen molar-refractivity contribution < 1.29 is 13.6 Å². The SMILES string of the molecule is COP(=S)(OC)OC(=CCl)c1ccc(Cl)cc1Cl. The highest BCUT2D eigenvalue weighted by Gasteiger charge is 2.21. The molecule has 1 rings (SSSR count). The summed E-state index contributed by atoms with van der Waals surface area (Å²) in [6.07, 6.45) is 0. The number of hydrogen-bond acceptors (Lipinski definition) is 4. The highest BCUT2D eigenvalue weighted by Crippen LogP contribution is 2.52. The quantitative estimate of drug-likeness (QED) is 0.549. The maximum atomic E-state index is 6.05. The van der Waals surface area contributed by atoms with Crippen molar-refractivity contribution in [2.45, 2.75) is 0 Å². The Morgan fingerprint density at radius 3 is 2.33 bits per heavy atom. The molecule has 100 valence electrons. The van der Waals surface area contributed by atoms with E-state index in [1.165, 1.54) is 19.8 Å². The summed E-state index contributed by atoms with van der Waals surface area (Å²) in [7, 11) is 2.80. The average Bonchev–Trinajstić information content (AvgIpc) is 2.36. The summed E-state index contributed by atoms with van der Waals surface area (Å²) in [4.78, 5) is 0. The first-order valence-electron chi connectivity index (χ1n) is 4.62. The van der Waals surface area contributed by atoms with E-state index in [0.29, 0.717) is 15.6 Å². The standard InChI is InChI=1S/C10H10Cl3O3PS/c1-14-17(18,15-2)16-10(6-11)8-4-3-7(12)5-9(8)13/h3-6H,1-2H3. The predicted octanol–water partition coefficient (Wildman–Crippen LogP) is 5.06. The Hall–Kier alpha value is 0.200. The minimum absolute atomic E-state index is 0.269. The van der Waals surface area contributed by atoms with Gasteiger partial charge in [0, 0.05) is 42.1 Å². The Bertz CT molecular complexity index is 499. The Morgan fingerprint density at radius 2 is 1.89 bits per heavy atom. The molecule has 0 saturated heterocycles. The van der Waals surface area contributed by atoms with Crippen LogP contribution >= 0.6 is 41.5 Å². The van der Waals surface area contributed by atoms with Crippen molar-refractivity contribution in [3.05, 3.63) is 39.3 Å². The summed E-state index contributed by atoms with van der Waals surface area (Å²) in [5.41, 5.74) is 1.77. The fourth-order valence-electron chi connectivity index (χ4n) is 1.09. The van der Waals surface area contributed by atoms with Crippen LogP contribution in [0.25, 0.3) is 5.76 Å². The smallest absolute Gasteiger partial charge is 0.380 e. The van der Waals surface area contributed by atoms with Crippen LogP contribution in [0.5, 0.6) is 0 Å². The van der Waals surface area contributed by atoms with E-state index in [0.717, 1.165) is 0 Å². The minimum Gasteiger partial charge on any atom is -0.422 e. The zero-order chi connectivity index (χ0) is 13.8. The Kier molecular flexibility index (Phi) is 6.42. The molecule has 3 nitrogen and oxygen atoms in total. The lowest BCUT2D eigenvalue weighted by atomic mass is 10.2. The van der Waals surface area contributed by atoms with E-state index in [4.69, 9.17) is 60.2 Å². The van der Waals surface area contributed by atoms with Gasteiger partial charge in [-0.1, -0.05) is 34.8 Å². The zero-order valence-electron chi connectivity index (χ0n) is 9.52. The summed E-state index contributed by atoms with van der Waals surface area (Å²) >= 11 is 22.7. The minimum atomic E-state index is -2.86. The van der Waals surface area contributed by atoms with Crippen LogP contribution < -0.4 is 0 Å². The molecule has 0 amide bonds. The predicted molar refractivity (Wildman–Crippen MR) is 79.7 cm³/mol. The van der Waals surface area contributed by atoms with Crippen LogP contribution in [0.4, 0.5) is 0 Å². The molecular weight excluding hydrogens is 338 g/mol. The highest BCUT2D eigenvalue weighted by atomic mass is 35.5. The van der Waals surface area contributed by atoms with Gasteiger partial charge in [0.15, 0.2) is 0 Å². The third-order valence-corrected chi connectivity index (χ3v) is 5.13. The molecule has 0 aliphatic carbocycles. The molecule has 0 spiro atoms. The third kappa shape index (κ3) is 4.10. The van der Waals surface area contributed by atoms with Gasteiger partial charge >= 0.3 is 6.72 Å². The molecule has 0 aliphatic rings. The molecule has 0 bridgehead atoms. The number of rotatable bonds is 5. The van der Waals surface area contributed by atoms with Crippen molar-refractivity contribution >= 4 is 59.1 Å². The summed E-state index contributed by atoms with van der Waals surface area (Å²) in [6, 6.07) is 4.91. The lowest BCUT2D eigenvalue weighted by Crippen LogP contribution is -1.95. The molecule has 0 unspecified atom stereocenters. The first-order chi connectivity index (χ1) is 8.45. The van der Waals surface area contributed by atoms with Crippen molar-refractivity contribution in [1.29, 1.82) is 0 Å². The molecule has 18 heavy (non-hydrogen) atoms. The van der Waals surface area contributed by atoms with E-state index in [1.807, 2.05) is 0 Å². The van der Waals surface area contributed by atoms with Crippen LogP contribution in [0.1, 0.15) is 5.56 Å². The molecule has 0 N–H and O–H groups in total. The van der Waals surface area contributed by atoms with Crippen molar-refractivity contribution in [2.75, 3.05) is 14.2 Å². The van der Waals surface area contributed by atoms with Crippen molar-refractivity contribution in [3.8, 4) is 0 Å². The van der Waals surface area contributed by atoms with Crippen LogP contribution in [0.15, 0.2) is 23.7 Å². The van der Waals surface area contributed by atoms with Crippen molar-refractivity contribution in [3.63, 3.8) is 0 Å². The van der Waals surface area contributed by atoms with Crippen molar-refractivity contribution in [1.82, 2.24) is 0 Å². The molecular formula is C10H10Cl3O3PS. The van der Waals surface area contributed by atoms with E-state index < -0.39 is 6.72 Å². The third-order valence-electron chi connectivity index (χ3n) is 1.95. The molecule has 0 heterocycles. The van der Waals surface area contributed by atoms with Crippen LogP contribution in [0.3, 0.4) is 0 Å². The summed E-state index contributed by atoms with van der Waals surface area (Å²) in [5, 5.41) is 0.902. The molecule has 0 aromatic heterocycles. The Labute approximate surface area is 126 Å². The number of hydrogen-bond donors (Lipinski definition) is 0. The second-order valence-electron chi connectivity index (χ2n) is 3.00. The normalized spacial score (nSPS) is 12.6.